The number of halogens is 2. The number of carbonyl (C=O) groups is 1. The van der Waals surface area contributed by atoms with E-state index in [4.69, 9.17) is 10.3 Å². The highest BCUT2D eigenvalue weighted by Crippen LogP contribution is 2.07. The maximum atomic E-state index is 12.6. The first-order valence-corrected chi connectivity index (χ1v) is 5.63. The van der Waals surface area contributed by atoms with Gasteiger partial charge in [-0.2, -0.15) is 8.42 Å². The van der Waals surface area contributed by atoms with E-state index in [1.165, 1.54) is 0 Å². The van der Waals surface area contributed by atoms with Crippen LogP contribution in [0.4, 0.5) is 8.78 Å². The van der Waals surface area contributed by atoms with Crippen molar-refractivity contribution >= 4 is 16.0 Å². The predicted octanol–water partition coefficient (Wildman–Crippen LogP) is 0.568. The fourth-order valence-corrected chi connectivity index (χ4v) is 0.689. The summed E-state index contributed by atoms with van der Waals surface area (Å²) in [6, 6.07) is 2.59. The van der Waals surface area contributed by atoms with Crippen molar-refractivity contribution in [3.8, 4) is 0 Å². The summed E-state index contributed by atoms with van der Waals surface area (Å²) in [5.41, 5.74) is 4.46. The lowest BCUT2D eigenvalue weighted by Crippen LogP contribution is -2.12. The summed E-state index contributed by atoms with van der Waals surface area (Å²) in [5.74, 6) is -2.56. The van der Waals surface area contributed by atoms with Gasteiger partial charge in [-0.25, -0.2) is 8.78 Å². The number of benzene rings is 1. The number of hydrogen-bond donors (Lipinski definition) is 2. The molecule has 0 aliphatic heterocycles. The molecular formula is C8H9F2NO4S. The molecule has 0 aliphatic carbocycles. The molecule has 0 bridgehead atoms. The third kappa shape index (κ3) is 6.85. The van der Waals surface area contributed by atoms with E-state index in [9.17, 15) is 22.0 Å². The molecule has 0 saturated heterocycles. The van der Waals surface area contributed by atoms with E-state index in [0.717, 1.165) is 12.1 Å². The van der Waals surface area contributed by atoms with E-state index >= 15 is 0 Å². The van der Waals surface area contributed by atoms with Gasteiger partial charge in [0.25, 0.3) is 16.0 Å². The Morgan fingerprint density at radius 3 is 2.12 bits per heavy atom. The molecule has 1 amide bonds. The highest BCUT2D eigenvalue weighted by atomic mass is 32.2. The topological polar surface area (TPSA) is 97.5 Å². The Morgan fingerprint density at radius 2 is 1.81 bits per heavy atom. The molecule has 0 atom stereocenters. The van der Waals surface area contributed by atoms with Crippen LogP contribution < -0.4 is 5.73 Å². The largest absolute Gasteiger partial charge is 0.366 e. The monoisotopic (exact) mass is 253 g/mol. The third-order valence-corrected chi connectivity index (χ3v) is 1.20. The van der Waals surface area contributed by atoms with Crippen molar-refractivity contribution in [2.75, 3.05) is 6.26 Å². The molecule has 8 heteroatoms. The number of carbonyl (C=O) groups excluding carboxylic acids is 1. The number of amides is 1. The summed E-state index contributed by atoms with van der Waals surface area (Å²) in [7, 11) is -3.67. The molecular weight excluding hydrogens is 244 g/mol. The van der Waals surface area contributed by atoms with Gasteiger partial charge in [0.15, 0.2) is 0 Å². The zero-order valence-corrected chi connectivity index (χ0v) is 8.96. The van der Waals surface area contributed by atoms with Gasteiger partial charge < -0.3 is 5.73 Å². The van der Waals surface area contributed by atoms with Gasteiger partial charge in [-0.15, -0.1) is 0 Å². The summed E-state index contributed by atoms with van der Waals surface area (Å²) in [6.07, 6.45) is 0.715. The number of primary amides is 1. The zero-order valence-electron chi connectivity index (χ0n) is 8.15. The second-order valence-electron chi connectivity index (χ2n) is 2.72. The molecule has 5 nitrogen and oxygen atoms in total. The smallest absolute Gasteiger partial charge is 0.261 e. The fourth-order valence-electron chi connectivity index (χ4n) is 0.689. The fraction of sp³-hybridized carbons (Fsp3) is 0.125. The van der Waals surface area contributed by atoms with Crippen molar-refractivity contribution in [3.05, 3.63) is 35.4 Å². The lowest BCUT2D eigenvalue weighted by molar-refractivity contribution is 0.0996. The molecule has 90 valence electrons. The van der Waals surface area contributed by atoms with Crippen LogP contribution >= 0.6 is 0 Å². The SMILES string of the molecule is CS(=O)(=O)O.NC(=O)c1ccc(F)cc1F. The van der Waals surface area contributed by atoms with Crippen molar-refractivity contribution in [2.45, 2.75) is 0 Å². The summed E-state index contributed by atoms with van der Waals surface area (Å²) in [4.78, 5) is 10.4. The van der Waals surface area contributed by atoms with E-state index in [2.05, 4.69) is 0 Å². The Hall–Kier alpha value is -1.54. The minimum absolute atomic E-state index is 0.300. The molecule has 0 heterocycles. The molecule has 1 rings (SSSR count). The van der Waals surface area contributed by atoms with Crippen LogP contribution in [-0.4, -0.2) is 25.1 Å². The minimum Gasteiger partial charge on any atom is -0.366 e. The Labute approximate surface area is 90.6 Å². The molecule has 0 unspecified atom stereocenters. The quantitative estimate of drug-likeness (QED) is 0.715. The van der Waals surface area contributed by atoms with E-state index in [1.54, 1.807) is 0 Å². The van der Waals surface area contributed by atoms with Crippen molar-refractivity contribution in [3.63, 3.8) is 0 Å². The van der Waals surface area contributed by atoms with Crippen LogP contribution in [0.25, 0.3) is 0 Å². The van der Waals surface area contributed by atoms with Crippen LogP contribution in [0.2, 0.25) is 0 Å². The minimum atomic E-state index is -3.67. The summed E-state index contributed by atoms with van der Waals surface area (Å²) in [5, 5.41) is 0. The van der Waals surface area contributed by atoms with Gasteiger partial charge in [0.1, 0.15) is 11.6 Å². The van der Waals surface area contributed by atoms with Crippen LogP contribution in [0.1, 0.15) is 10.4 Å². The van der Waals surface area contributed by atoms with Crippen LogP contribution in [0.5, 0.6) is 0 Å². The van der Waals surface area contributed by atoms with Crippen molar-refractivity contribution in [2.24, 2.45) is 5.73 Å². The van der Waals surface area contributed by atoms with Crippen molar-refractivity contribution in [1.29, 1.82) is 0 Å². The molecule has 3 N–H and O–H groups in total. The molecule has 0 aromatic heterocycles. The highest BCUT2D eigenvalue weighted by Gasteiger charge is 2.07. The third-order valence-electron chi connectivity index (χ3n) is 1.20. The first-order valence-electron chi connectivity index (χ1n) is 3.78. The van der Waals surface area contributed by atoms with Gasteiger partial charge in [-0.05, 0) is 12.1 Å². The molecule has 0 saturated carbocycles. The summed E-state index contributed by atoms with van der Waals surface area (Å²) in [6.45, 7) is 0. The molecule has 1 aromatic carbocycles. The van der Waals surface area contributed by atoms with Gasteiger partial charge in [0.05, 0.1) is 11.8 Å². The van der Waals surface area contributed by atoms with Crippen LogP contribution in [-0.2, 0) is 10.1 Å². The van der Waals surface area contributed by atoms with E-state index < -0.39 is 27.7 Å². The Bertz CT molecular complexity index is 479. The molecule has 1 aromatic rings. The molecule has 0 radical (unpaired) electrons. The summed E-state index contributed by atoms with van der Waals surface area (Å²) >= 11 is 0. The second kappa shape index (κ2) is 5.52. The molecule has 16 heavy (non-hydrogen) atoms. The number of hydrogen-bond acceptors (Lipinski definition) is 3. The van der Waals surface area contributed by atoms with E-state index in [0.29, 0.717) is 12.3 Å². The second-order valence-corrected chi connectivity index (χ2v) is 4.19. The molecule has 0 fully saturated rings. The highest BCUT2D eigenvalue weighted by molar-refractivity contribution is 7.85. The van der Waals surface area contributed by atoms with E-state index in [-0.39, 0.29) is 5.56 Å². The zero-order chi connectivity index (χ0) is 12.9. The van der Waals surface area contributed by atoms with Crippen LogP contribution in [0.15, 0.2) is 18.2 Å². The van der Waals surface area contributed by atoms with Crippen molar-refractivity contribution < 1.29 is 26.5 Å². The average molecular weight is 253 g/mol. The maximum Gasteiger partial charge on any atom is 0.261 e. The molecule has 0 spiro atoms. The lowest BCUT2D eigenvalue weighted by atomic mass is 10.2. The standard InChI is InChI=1S/C7H5F2NO.CH4O3S/c8-4-1-2-5(7(10)11)6(9)3-4;1-5(2,3)4/h1-3H,(H2,10,11);1H3,(H,2,3,4). The molecule has 0 aliphatic rings. The Morgan fingerprint density at radius 1 is 1.38 bits per heavy atom. The normalized spacial score (nSPS) is 10.2. The first kappa shape index (κ1) is 14.5. The van der Waals surface area contributed by atoms with Gasteiger partial charge >= 0.3 is 0 Å². The van der Waals surface area contributed by atoms with E-state index in [1.807, 2.05) is 0 Å². The summed E-state index contributed by atoms with van der Waals surface area (Å²) < 4.78 is 50.6. The van der Waals surface area contributed by atoms with Gasteiger partial charge in [0, 0.05) is 6.07 Å². The van der Waals surface area contributed by atoms with Crippen LogP contribution in [0.3, 0.4) is 0 Å². The number of nitrogens with two attached hydrogens (primary N) is 1. The Balaban J connectivity index is 0.000000385. The lowest BCUT2D eigenvalue weighted by Gasteiger charge is -1.95. The van der Waals surface area contributed by atoms with Gasteiger partial charge in [-0.3, -0.25) is 9.35 Å². The van der Waals surface area contributed by atoms with Gasteiger partial charge in [-0.1, -0.05) is 0 Å². The Kier molecular flexibility index (Phi) is 4.99. The van der Waals surface area contributed by atoms with Crippen LogP contribution in [0, 0.1) is 11.6 Å². The predicted molar refractivity (Wildman–Crippen MR) is 52.3 cm³/mol. The van der Waals surface area contributed by atoms with Crippen molar-refractivity contribution in [1.82, 2.24) is 0 Å². The average Bonchev–Trinajstić information content (AvgIpc) is 1.99. The van der Waals surface area contributed by atoms with Gasteiger partial charge in [0.2, 0.25) is 0 Å². The maximum absolute atomic E-state index is 12.6. The number of rotatable bonds is 1. The first-order chi connectivity index (χ1) is 7.11.